The largest absolute Gasteiger partial charge is 0.309 e. The summed E-state index contributed by atoms with van der Waals surface area (Å²) in [5.41, 5.74) is 15.7. The number of aryl methyl sites for hydroxylation is 2. The van der Waals surface area contributed by atoms with Crippen molar-refractivity contribution in [2.45, 2.75) is 19.3 Å². The van der Waals surface area contributed by atoms with E-state index in [1.54, 1.807) is 0 Å². The van der Waals surface area contributed by atoms with Crippen molar-refractivity contribution in [3.63, 3.8) is 0 Å². The van der Waals surface area contributed by atoms with Crippen molar-refractivity contribution in [1.29, 1.82) is 0 Å². The summed E-state index contributed by atoms with van der Waals surface area (Å²) < 4.78 is 0. The van der Waals surface area contributed by atoms with Gasteiger partial charge in [0.1, 0.15) is 0 Å². The lowest BCUT2D eigenvalue weighted by atomic mass is 9.67. The third kappa shape index (κ3) is 4.86. The molecule has 256 valence electrons. The lowest BCUT2D eigenvalue weighted by Crippen LogP contribution is -2.28. The third-order valence-corrected chi connectivity index (χ3v) is 11.6. The Labute approximate surface area is 317 Å². The average molecular weight is 690 g/mol. The maximum Gasteiger partial charge on any atom is 0.0714 e. The van der Waals surface area contributed by atoms with Crippen LogP contribution in [0.5, 0.6) is 0 Å². The van der Waals surface area contributed by atoms with Crippen LogP contribution in [0.25, 0.3) is 43.8 Å². The molecule has 54 heavy (non-hydrogen) atoms. The van der Waals surface area contributed by atoms with E-state index in [9.17, 15) is 0 Å². The summed E-state index contributed by atoms with van der Waals surface area (Å²) in [4.78, 5) is 2.52. The van der Waals surface area contributed by atoms with E-state index in [-0.39, 0.29) is 0 Å². The minimum absolute atomic E-state index is 0.512. The Morgan fingerprint density at radius 3 is 1.70 bits per heavy atom. The van der Waals surface area contributed by atoms with E-state index in [4.69, 9.17) is 0 Å². The summed E-state index contributed by atoms with van der Waals surface area (Å²) in [7, 11) is 0. The van der Waals surface area contributed by atoms with Crippen molar-refractivity contribution in [3.8, 4) is 22.3 Å². The van der Waals surface area contributed by atoms with Crippen LogP contribution in [-0.4, -0.2) is 0 Å². The molecule has 9 aromatic carbocycles. The summed E-state index contributed by atoms with van der Waals surface area (Å²) in [6.45, 7) is 4.48. The van der Waals surface area contributed by atoms with Gasteiger partial charge in [0.15, 0.2) is 0 Å². The fourth-order valence-electron chi connectivity index (χ4n) is 9.16. The molecular weight excluding hydrogens is 651 g/mol. The van der Waals surface area contributed by atoms with E-state index >= 15 is 0 Å². The molecule has 0 bridgehead atoms. The smallest absolute Gasteiger partial charge is 0.0714 e. The predicted molar refractivity (Wildman–Crippen MR) is 228 cm³/mol. The summed E-state index contributed by atoms with van der Waals surface area (Å²) in [6.07, 6.45) is 0. The van der Waals surface area contributed by atoms with Gasteiger partial charge in [-0.1, -0.05) is 170 Å². The quantitative estimate of drug-likeness (QED) is 0.168. The molecule has 1 nitrogen and oxygen atoms in total. The van der Waals surface area contributed by atoms with Gasteiger partial charge in [-0.3, -0.25) is 0 Å². The normalized spacial score (nSPS) is 12.8. The first-order chi connectivity index (χ1) is 26.6. The molecule has 0 spiro atoms. The first kappa shape index (κ1) is 32.0. The lowest BCUT2D eigenvalue weighted by Gasteiger charge is -2.35. The fourth-order valence-corrected chi connectivity index (χ4v) is 9.16. The van der Waals surface area contributed by atoms with Crippen LogP contribution >= 0.6 is 0 Å². The van der Waals surface area contributed by atoms with Crippen molar-refractivity contribution in [1.82, 2.24) is 0 Å². The summed E-state index contributed by atoms with van der Waals surface area (Å²) in [5.74, 6) is 0. The Morgan fingerprint density at radius 2 is 0.963 bits per heavy atom. The van der Waals surface area contributed by atoms with Crippen LogP contribution in [0.1, 0.15) is 33.4 Å². The highest BCUT2D eigenvalue weighted by molar-refractivity contribution is 6.05. The molecule has 1 aliphatic rings. The van der Waals surface area contributed by atoms with Crippen LogP contribution in [0.4, 0.5) is 17.1 Å². The molecular formula is C53H39N. The van der Waals surface area contributed by atoms with Crippen molar-refractivity contribution in [3.05, 3.63) is 234 Å². The highest BCUT2D eigenvalue weighted by Gasteiger charge is 2.47. The Balaban J connectivity index is 1.34. The number of benzene rings is 9. The maximum atomic E-state index is 2.52. The van der Waals surface area contributed by atoms with Crippen molar-refractivity contribution >= 4 is 38.6 Å². The molecule has 0 aromatic heterocycles. The second-order valence-corrected chi connectivity index (χ2v) is 14.6. The Hall–Kier alpha value is -6.70. The summed E-state index contributed by atoms with van der Waals surface area (Å²) in [5, 5.41) is 4.86. The molecule has 0 amide bonds. The van der Waals surface area contributed by atoms with Crippen LogP contribution in [0.2, 0.25) is 0 Å². The molecule has 0 radical (unpaired) electrons. The molecule has 0 saturated carbocycles. The molecule has 0 saturated heterocycles. The Bertz CT molecular complexity index is 2810. The van der Waals surface area contributed by atoms with Gasteiger partial charge in [0.05, 0.1) is 16.8 Å². The Morgan fingerprint density at radius 1 is 0.370 bits per heavy atom. The van der Waals surface area contributed by atoms with Crippen LogP contribution in [0.3, 0.4) is 0 Å². The van der Waals surface area contributed by atoms with Gasteiger partial charge in [-0.15, -0.1) is 0 Å². The number of rotatable bonds is 6. The molecule has 10 rings (SSSR count). The fraction of sp³-hybridized carbons (Fsp3) is 0.0566. The number of nitrogens with zero attached hydrogens (tertiary/aromatic N) is 1. The maximum absolute atomic E-state index is 2.52. The first-order valence-corrected chi connectivity index (χ1v) is 18.9. The monoisotopic (exact) mass is 689 g/mol. The number of hydrogen-bond donors (Lipinski definition) is 0. The molecule has 0 N–H and O–H groups in total. The second kappa shape index (κ2) is 12.8. The minimum atomic E-state index is -0.512. The van der Waals surface area contributed by atoms with Gasteiger partial charge in [0, 0.05) is 16.6 Å². The van der Waals surface area contributed by atoms with E-state index in [2.05, 4.69) is 219 Å². The molecule has 9 aromatic rings. The standard InChI is InChI=1S/C53H39N/c1-36-17-9-13-27-44(36)47-33-39-20-10-11-21-40(39)34-51(47)54(50-30-16-22-38-19-12-14-28-45(38)50)43-31-32-46-49(35-43)53(41-23-5-3-6-24-41,42-25-7-4-8-26-42)48-29-15-18-37(2)52(46)48/h3-35H,1-2H3. The zero-order valence-corrected chi connectivity index (χ0v) is 30.5. The molecule has 0 atom stereocenters. The van der Waals surface area contributed by atoms with Gasteiger partial charge in [0.25, 0.3) is 0 Å². The van der Waals surface area contributed by atoms with Gasteiger partial charge in [0.2, 0.25) is 0 Å². The van der Waals surface area contributed by atoms with Crippen molar-refractivity contribution in [2.24, 2.45) is 0 Å². The molecule has 1 aliphatic carbocycles. The van der Waals surface area contributed by atoms with E-state index in [1.165, 1.54) is 77.2 Å². The molecule has 0 heterocycles. The average Bonchev–Trinajstić information content (AvgIpc) is 3.53. The zero-order valence-electron chi connectivity index (χ0n) is 30.5. The van der Waals surface area contributed by atoms with E-state index in [0.717, 1.165) is 17.1 Å². The Kier molecular flexibility index (Phi) is 7.56. The topological polar surface area (TPSA) is 3.24 Å². The van der Waals surface area contributed by atoms with E-state index in [1.807, 2.05) is 0 Å². The lowest BCUT2D eigenvalue weighted by molar-refractivity contribution is 0.768. The van der Waals surface area contributed by atoms with Crippen molar-refractivity contribution in [2.75, 3.05) is 4.90 Å². The van der Waals surface area contributed by atoms with E-state index < -0.39 is 5.41 Å². The van der Waals surface area contributed by atoms with Crippen LogP contribution in [0.15, 0.2) is 200 Å². The highest BCUT2D eigenvalue weighted by atomic mass is 15.1. The van der Waals surface area contributed by atoms with E-state index in [0.29, 0.717) is 0 Å². The van der Waals surface area contributed by atoms with Crippen molar-refractivity contribution < 1.29 is 0 Å². The minimum Gasteiger partial charge on any atom is -0.309 e. The number of anilines is 3. The zero-order chi connectivity index (χ0) is 36.2. The summed E-state index contributed by atoms with van der Waals surface area (Å²) >= 11 is 0. The SMILES string of the molecule is Cc1ccccc1-c1cc2ccccc2cc1N(c1ccc2c(c1)C(c1ccccc1)(c1ccccc1)c1cccc(C)c1-2)c1cccc2ccccc12. The van der Waals surface area contributed by atoms with Gasteiger partial charge >= 0.3 is 0 Å². The molecule has 0 fully saturated rings. The molecule has 1 heteroatoms. The van der Waals surface area contributed by atoms with Crippen LogP contribution in [-0.2, 0) is 5.41 Å². The molecule has 0 unspecified atom stereocenters. The third-order valence-electron chi connectivity index (χ3n) is 11.6. The predicted octanol–water partition coefficient (Wildman–Crippen LogP) is 14.1. The highest BCUT2D eigenvalue weighted by Crippen LogP contribution is 2.58. The first-order valence-electron chi connectivity index (χ1n) is 18.9. The number of hydrogen-bond acceptors (Lipinski definition) is 1. The van der Waals surface area contributed by atoms with Gasteiger partial charge in [-0.2, -0.15) is 0 Å². The van der Waals surface area contributed by atoms with Crippen LogP contribution in [0, 0.1) is 13.8 Å². The number of fused-ring (bicyclic) bond motifs is 5. The summed E-state index contributed by atoms with van der Waals surface area (Å²) in [6, 6.07) is 74.1. The van der Waals surface area contributed by atoms with Gasteiger partial charge in [-0.25, -0.2) is 0 Å². The van der Waals surface area contributed by atoms with Crippen LogP contribution < -0.4 is 4.90 Å². The second-order valence-electron chi connectivity index (χ2n) is 14.6. The molecule has 0 aliphatic heterocycles. The van der Waals surface area contributed by atoms with Gasteiger partial charge in [-0.05, 0) is 110 Å². The van der Waals surface area contributed by atoms with Gasteiger partial charge < -0.3 is 4.90 Å².